The number of phenolic OH excluding ortho intramolecular Hbond substituents is 1. The monoisotopic (exact) mass is 302 g/mol. The van der Waals surface area contributed by atoms with Crippen LogP contribution in [0.3, 0.4) is 0 Å². The third kappa shape index (κ3) is 3.61. The number of carbonyl (C=O) groups excluding carboxylic acids is 1. The zero-order valence-electron chi connectivity index (χ0n) is 13.2. The molecule has 0 atom stereocenters. The molecule has 0 aromatic heterocycles. The molecule has 1 aromatic carbocycles. The van der Waals surface area contributed by atoms with Gasteiger partial charge in [0, 0.05) is 19.5 Å². The molecule has 3 rings (SSSR count). The molecule has 2 heterocycles. The molecular weight excluding hydrogens is 276 g/mol. The highest BCUT2D eigenvalue weighted by Crippen LogP contribution is 2.39. The fourth-order valence-corrected chi connectivity index (χ4v) is 3.76. The molecule has 2 fully saturated rings. The van der Waals surface area contributed by atoms with E-state index in [4.69, 9.17) is 0 Å². The van der Waals surface area contributed by atoms with Crippen molar-refractivity contribution in [1.29, 1.82) is 0 Å². The molecule has 0 unspecified atom stereocenters. The van der Waals surface area contributed by atoms with E-state index in [9.17, 15) is 9.90 Å². The molecule has 0 bridgehead atoms. The fourth-order valence-electron chi connectivity index (χ4n) is 3.76. The van der Waals surface area contributed by atoms with Gasteiger partial charge in [-0.3, -0.25) is 4.79 Å². The lowest BCUT2D eigenvalue weighted by Gasteiger charge is -2.44. The number of benzene rings is 1. The predicted molar refractivity (Wildman–Crippen MR) is 86.8 cm³/mol. The lowest BCUT2D eigenvalue weighted by atomic mass is 9.71. The van der Waals surface area contributed by atoms with Crippen LogP contribution in [0, 0.1) is 5.41 Å². The van der Waals surface area contributed by atoms with E-state index in [1.165, 1.54) is 25.7 Å². The quantitative estimate of drug-likeness (QED) is 0.901. The van der Waals surface area contributed by atoms with E-state index in [-0.39, 0.29) is 11.7 Å². The maximum atomic E-state index is 12.4. The first-order chi connectivity index (χ1) is 10.7. The Balaban J connectivity index is 1.46. The van der Waals surface area contributed by atoms with Crippen molar-refractivity contribution >= 4 is 5.91 Å². The third-order valence-corrected chi connectivity index (χ3v) is 5.40. The smallest absolute Gasteiger partial charge is 0.222 e. The normalized spacial score (nSPS) is 21.0. The van der Waals surface area contributed by atoms with Crippen molar-refractivity contribution in [2.45, 2.75) is 38.5 Å². The topological polar surface area (TPSA) is 52.6 Å². The van der Waals surface area contributed by atoms with Gasteiger partial charge in [-0.05, 0) is 68.3 Å². The molecule has 1 amide bonds. The van der Waals surface area contributed by atoms with Crippen molar-refractivity contribution in [2.24, 2.45) is 5.41 Å². The van der Waals surface area contributed by atoms with Crippen LogP contribution in [-0.4, -0.2) is 42.1 Å². The lowest BCUT2D eigenvalue weighted by molar-refractivity contribution is -0.133. The average Bonchev–Trinajstić information content (AvgIpc) is 2.55. The van der Waals surface area contributed by atoms with Crippen LogP contribution < -0.4 is 5.32 Å². The van der Waals surface area contributed by atoms with Crippen LogP contribution in [0.2, 0.25) is 0 Å². The Hall–Kier alpha value is -1.55. The summed E-state index contributed by atoms with van der Waals surface area (Å²) in [6.07, 6.45) is 6.19. The number of carbonyl (C=O) groups is 1. The summed E-state index contributed by atoms with van der Waals surface area (Å²) in [5, 5.41) is 12.7. The molecule has 2 saturated heterocycles. The zero-order chi connectivity index (χ0) is 15.4. The highest BCUT2D eigenvalue weighted by atomic mass is 16.3. The summed E-state index contributed by atoms with van der Waals surface area (Å²) < 4.78 is 0. The number of rotatable bonds is 3. The van der Waals surface area contributed by atoms with Gasteiger partial charge in [-0.2, -0.15) is 0 Å². The zero-order valence-corrected chi connectivity index (χ0v) is 13.2. The Labute approximate surface area is 132 Å². The van der Waals surface area contributed by atoms with Crippen molar-refractivity contribution in [1.82, 2.24) is 10.2 Å². The molecule has 2 aliphatic heterocycles. The minimum atomic E-state index is 0.275. The summed E-state index contributed by atoms with van der Waals surface area (Å²) >= 11 is 0. The minimum absolute atomic E-state index is 0.275. The molecular formula is C18H26N2O2. The number of aryl methyl sites for hydroxylation is 1. The number of hydrogen-bond acceptors (Lipinski definition) is 3. The van der Waals surface area contributed by atoms with Crippen molar-refractivity contribution in [3.05, 3.63) is 29.8 Å². The Kier molecular flexibility index (Phi) is 4.67. The van der Waals surface area contributed by atoms with Gasteiger partial charge in [0.15, 0.2) is 0 Å². The molecule has 0 saturated carbocycles. The molecule has 0 aliphatic carbocycles. The van der Waals surface area contributed by atoms with Gasteiger partial charge in [0.05, 0.1) is 0 Å². The lowest BCUT2D eigenvalue weighted by Crippen LogP contribution is -2.47. The first-order valence-corrected chi connectivity index (χ1v) is 8.43. The van der Waals surface area contributed by atoms with E-state index in [1.807, 2.05) is 17.0 Å². The van der Waals surface area contributed by atoms with Gasteiger partial charge in [-0.25, -0.2) is 0 Å². The highest BCUT2D eigenvalue weighted by Gasteiger charge is 2.36. The van der Waals surface area contributed by atoms with Crippen LogP contribution in [-0.2, 0) is 11.2 Å². The van der Waals surface area contributed by atoms with Crippen LogP contribution in [0.5, 0.6) is 5.75 Å². The number of nitrogens with one attached hydrogen (secondary N) is 1. The number of nitrogens with zero attached hydrogens (tertiary/aromatic N) is 1. The molecule has 120 valence electrons. The number of amides is 1. The van der Waals surface area contributed by atoms with Crippen LogP contribution in [0.1, 0.15) is 37.7 Å². The molecule has 2 aliphatic rings. The summed E-state index contributed by atoms with van der Waals surface area (Å²) in [4.78, 5) is 14.4. The first-order valence-electron chi connectivity index (χ1n) is 8.43. The van der Waals surface area contributed by atoms with Crippen LogP contribution in [0.4, 0.5) is 0 Å². The number of aromatic hydroxyl groups is 1. The van der Waals surface area contributed by atoms with Gasteiger partial charge < -0.3 is 15.3 Å². The summed E-state index contributed by atoms with van der Waals surface area (Å²) in [6, 6.07) is 7.15. The van der Waals surface area contributed by atoms with E-state index >= 15 is 0 Å². The second-order valence-electron chi connectivity index (χ2n) is 6.80. The maximum absolute atomic E-state index is 12.4. The summed E-state index contributed by atoms with van der Waals surface area (Å²) in [6.45, 7) is 4.12. The van der Waals surface area contributed by atoms with Crippen LogP contribution in [0.25, 0.3) is 0 Å². The summed E-state index contributed by atoms with van der Waals surface area (Å²) in [5.74, 6) is 0.551. The highest BCUT2D eigenvalue weighted by molar-refractivity contribution is 5.76. The summed E-state index contributed by atoms with van der Waals surface area (Å²) in [5.41, 5.74) is 1.61. The Morgan fingerprint density at radius 1 is 1.09 bits per heavy atom. The second kappa shape index (κ2) is 6.69. The van der Waals surface area contributed by atoms with Crippen molar-refractivity contribution in [3.8, 4) is 5.75 Å². The first kappa shape index (κ1) is 15.3. The van der Waals surface area contributed by atoms with Crippen molar-refractivity contribution in [3.63, 3.8) is 0 Å². The van der Waals surface area contributed by atoms with Gasteiger partial charge >= 0.3 is 0 Å². The Morgan fingerprint density at radius 3 is 2.36 bits per heavy atom. The van der Waals surface area contributed by atoms with Crippen LogP contribution >= 0.6 is 0 Å². The molecule has 22 heavy (non-hydrogen) atoms. The average molecular weight is 302 g/mol. The number of likely N-dealkylation sites (tertiary alicyclic amines) is 1. The molecule has 1 aromatic rings. The van der Waals surface area contributed by atoms with E-state index < -0.39 is 0 Å². The van der Waals surface area contributed by atoms with Gasteiger partial charge in [0.2, 0.25) is 5.91 Å². The number of piperidine rings is 2. The largest absolute Gasteiger partial charge is 0.508 e. The fraction of sp³-hybridized carbons (Fsp3) is 0.611. The number of phenols is 1. The molecule has 1 spiro atoms. The maximum Gasteiger partial charge on any atom is 0.222 e. The Morgan fingerprint density at radius 2 is 1.73 bits per heavy atom. The molecule has 4 nitrogen and oxygen atoms in total. The van der Waals surface area contributed by atoms with Crippen molar-refractivity contribution < 1.29 is 9.90 Å². The van der Waals surface area contributed by atoms with E-state index in [0.29, 0.717) is 11.8 Å². The second-order valence-corrected chi connectivity index (χ2v) is 6.80. The van der Waals surface area contributed by atoms with Gasteiger partial charge in [0.1, 0.15) is 5.75 Å². The molecule has 4 heteroatoms. The van der Waals surface area contributed by atoms with Gasteiger partial charge in [-0.1, -0.05) is 12.1 Å². The third-order valence-electron chi connectivity index (χ3n) is 5.40. The molecule has 2 N–H and O–H groups in total. The van der Waals surface area contributed by atoms with E-state index in [1.54, 1.807) is 12.1 Å². The van der Waals surface area contributed by atoms with Crippen molar-refractivity contribution in [2.75, 3.05) is 26.2 Å². The van der Waals surface area contributed by atoms with Gasteiger partial charge in [-0.15, -0.1) is 0 Å². The van der Waals surface area contributed by atoms with Gasteiger partial charge in [0.25, 0.3) is 0 Å². The minimum Gasteiger partial charge on any atom is -0.508 e. The SMILES string of the molecule is O=C(CCc1ccc(O)cc1)N1CCC2(CCNCC2)CC1. The summed E-state index contributed by atoms with van der Waals surface area (Å²) in [7, 11) is 0. The number of hydrogen-bond donors (Lipinski definition) is 2. The molecule has 0 radical (unpaired) electrons. The predicted octanol–water partition coefficient (Wildman–Crippen LogP) is 2.32. The van der Waals surface area contributed by atoms with E-state index in [2.05, 4.69) is 5.32 Å². The Bertz CT molecular complexity index is 496. The standard InChI is InChI=1S/C18H26N2O2/c21-16-4-1-15(2-5-16)3-6-17(22)20-13-9-18(10-14-20)7-11-19-12-8-18/h1-2,4-5,19,21H,3,6-14H2. The van der Waals surface area contributed by atoms with Crippen LogP contribution in [0.15, 0.2) is 24.3 Å². The van der Waals surface area contributed by atoms with E-state index in [0.717, 1.165) is 38.2 Å².